The number of hydrazone groups is 1. The van der Waals surface area contributed by atoms with E-state index in [0.29, 0.717) is 11.6 Å². The van der Waals surface area contributed by atoms with E-state index in [9.17, 15) is 5.11 Å². The minimum Gasteiger partial charge on any atom is -0.505 e. The molecule has 1 N–H and O–H groups in total. The van der Waals surface area contributed by atoms with Gasteiger partial charge in [0.2, 0.25) is 5.69 Å². The smallest absolute Gasteiger partial charge is 0.453 e. The molecule has 2 aromatic rings. The van der Waals surface area contributed by atoms with Gasteiger partial charge in [0, 0.05) is 17.2 Å². The van der Waals surface area contributed by atoms with E-state index in [2.05, 4.69) is 10.2 Å². The second-order valence-corrected chi connectivity index (χ2v) is 5.50. The predicted octanol–water partition coefficient (Wildman–Crippen LogP) is 3.27. The van der Waals surface area contributed by atoms with Crippen LogP contribution in [0.4, 0.5) is 11.4 Å². The highest BCUT2D eigenvalue weighted by molar-refractivity contribution is 6.06. The van der Waals surface area contributed by atoms with Crippen molar-refractivity contribution in [3.8, 4) is 5.75 Å². The summed E-state index contributed by atoms with van der Waals surface area (Å²) in [4.78, 5) is 0. The van der Waals surface area contributed by atoms with E-state index in [1.165, 1.54) is 0 Å². The zero-order valence-electron chi connectivity index (χ0n) is 13.9. The lowest BCUT2D eigenvalue weighted by atomic mass is 10.2. The van der Waals surface area contributed by atoms with Crippen molar-refractivity contribution < 1.29 is 19.2 Å². The van der Waals surface area contributed by atoms with Gasteiger partial charge in [0.15, 0.2) is 18.4 Å². The maximum atomic E-state index is 9.92. The van der Waals surface area contributed by atoms with Crippen LogP contribution in [0.25, 0.3) is 0 Å². The summed E-state index contributed by atoms with van der Waals surface area (Å²) in [5.74, 6) is 0.802. The standard InChI is InChI=1S/C18H19N4O2/c1-13-17(21(2)20-15-11-7-8-12-16(15)23)18(24-3)22(19-13)14-9-5-4-6-10-14/h4-12,17H,1-3H3/q+1/p+1. The first-order valence-corrected chi connectivity index (χ1v) is 7.65. The fraction of sp³-hybridized carbons (Fsp3) is 0.222. The van der Waals surface area contributed by atoms with Gasteiger partial charge in [0.1, 0.15) is 5.75 Å². The van der Waals surface area contributed by atoms with Crippen molar-refractivity contribution >= 4 is 23.0 Å². The van der Waals surface area contributed by atoms with Crippen molar-refractivity contribution in [3.63, 3.8) is 0 Å². The fourth-order valence-electron chi connectivity index (χ4n) is 2.72. The Morgan fingerprint density at radius 2 is 1.79 bits per heavy atom. The van der Waals surface area contributed by atoms with E-state index < -0.39 is 0 Å². The number of benzene rings is 2. The summed E-state index contributed by atoms with van der Waals surface area (Å²) in [6.07, 6.45) is 0. The van der Waals surface area contributed by atoms with Gasteiger partial charge in [-0.05, 0) is 28.9 Å². The molecule has 0 spiro atoms. The number of ether oxygens (including phenoxy) is 1. The van der Waals surface area contributed by atoms with Crippen LogP contribution in [0.1, 0.15) is 6.92 Å². The Hall–Kier alpha value is -3.02. The molecule has 0 saturated carbocycles. The maximum absolute atomic E-state index is 9.92. The number of phenols is 1. The third-order valence-corrected chi connectivity index (χ3v) is 3.83. The lowest BCUT2D eigenvalue weighted by molar-refractivity contribution is -0.573. The van der Waals surface area contributed by atoms with Gasteiger partial charge in [-0.3, -0.25) is 0 Å². The first-order chi connectivity index (χ1) is 11.6. The highest BCUT2D eigenvalue weighted by Gasteiger charge is 2.47. The van der Waals surface area contributed by atoms with Gasteiger partial charge < -0.3 is 9.84 Å². The Balaban J connectivity index is 2.03. The van der Waals surface area contributed by atoms with Crippen molar-refractivity contribution in [2.24, 2.45) is 10.2 Å². The minimum absolute atomic E-state index is 0.135. The molecule has 1 aliphatic rings. The van der Waals surface area contributed by atoms with Gasteiger partial charge in [-0.25, -0.2) is 0 Å². The lowest BCUT2D eigenvalue weighted by Crippen LogP contribution is -2.37. The lowest BCUT2D eigenvalue weighted by Gasteiger charge is -2.03. The van der Waals surface area contributed by atoms with Gasteiger partial charge >= 0.3 is 11.9 Å². The number of para-hydroxylation sites is 2. The largest absolute Gasteiger partial charge is 0.505 e. The van der Waals surface area contributed by atoms with Crippen molar-refractivity contribution in [2.45, 2.75) is 13.0 Å². The van der Waals surface area contributed by atoms with Crippen LogP contribution in [-0.4, -0.2) is 46.3 Å². The van der Waals surface area contributed by atoms with E-state index in [4.69, 9.17) is 4.74 Å². The Bertz CT molecular complexity index is 841. The SMILES string of the molecule is COC1=[N+](c2ccccc2)N=C(C)C1[N+](C)=Nc1ccccc1O. The molecule has 122 valence electrons. The highest BCUT2D eigenvalue weighted by atomic mass is 16.5. The summed E-state index contributed by atoms with van der Waals surface area (Å²) < 4.78 is 9.13. The molecule has 0 aliphatic carbocycles. The van der Waals surface area contributed by atoms with Crippen molar-refractivity contribution in [2.75, 3.05) is 14.2 Å². The van der Waals surface area contributed by atoms with Crippen molar-refractivity contribution in [1.82, 2.24) is 0 Å². The topological polar surface area (TPSA) is 60.2 Å². The summed E-state index contributed by atoms with van der Waals surface area (Å²) >= 11 is 0. The Morgan fingerprint density at radius 3 is 2.46 bits per heavy atom. The van der Waals surface area contributed by atoms with Gasteiger partial charge in [-0.15, -0.1) is 4.70 Å². The molecule has 0 aromatic heterocycles. The number of likely N-dealkylation sites (N-methyl/N-ethyl adjacent to an activating group) is 1. The number of nitrogens with zero attached hydrogens (tertiary/aromatic N) is 4. The summed E-state index contributed by atoms with van der Waals surface area (Å²) in [6.45, 7) is 1.93. The summed E-state index contributed by atoms with van der Waals surface area (Å²) in [5.41, 5.74) is 2.28. The molecule has 0 fully saturated rings. The fourth-order valence-corrected chi connectivity index (χ4v) is 2.72. The molecule has 0 amide bonds. The highest BCUT2D eigenvalue weighted by Crippen LogP contribution is 2.26. The van der Waals surface area contributed by atoms with E-state index in [1.54, 1.807) is 34.7 Å². The zero-order valence-corrected chi connectivity index (χ0v) is 13.9. The normalized spacial score (nSPS) is 17.9. The zero-order chi connectivity index (χ0) is 17.1. The Kier molecular flexibility index (Phi) is 4.37. The molecule has 0 bridgehead atoms. The second kappa shape index (κ2) is 6.62. The molecule has 2 aromatic carbocycles. The van der Waals surface area contributed by atoms with Crippen molar-refractivity contribution in [3.05, 3.63) is 54.6 Å². The first kappa shape index (κ1) is 15.9. The number of hydrogen-bond acceptors (Lipinski definition) is 4. The van der Waals surface area contributed by atoms with Crippen LogP contribution in [0.15, 0.2) is 64.8 Å². The quantitative estimate of drug-likeness (QED) is 0.696. The summed E-state index contributed by atoms with van der Waals surface area (Å²) in [7, 11) is 3.46. The third kappa shape index (κ3) is 2.90. The molecule has 3 rings (SSSR count). The minimum atomic E-state index is -0.241. The molecule has 0 radical (unpaired) electrons. The molecular formula is C18H20N4O2+2. The van der Waals surface area contributed by atoms with Crippen LogP contribution in [-0.2, 0) is 4.74 Å². The number of methoxy groups -OCH3 is 1. The molecule has 1 unspecified atom stereocenters. The van der Waals surface area contributed by atoms with E-state index >= 15 is 0 Å². The van der Waals surface area contributed by atoms with E-state index in [1.807, 2.05) is 50.4 Å². The molecule has 1 heterocycles. The van der Waals surface area contributed by atoms with Crippen molar-refractivity contribution in [1.29, 1.82) is 0 Å². The van der Waals surface area contributed by atoms with Gasteiger partial charge in [-0.1, -0.05) is 30.3 Å². The average Bonchev–Trinajstić information content (AvgIpc) is 2.94. The van der Waals surface area contributed by atoms with Crippen LogP contribution >= 0.6 is 0 Å². The van der Waals surface area contributed by atoms with Crippen LogP contribution in [0, 0.1) is 0 Å². The van der Waals surface area contributed by atoms with Crippen LogP contribution in [0.3, 0.4) is 0 Å². The van der Waals surface area contributed by atoms with Gasteiger partial charge in [0.05, 0.1) is 7.11 Å². The number of aromatic hydroxyl groups is 1. The number of hydrogen-bond donors (Lipinski definition) is 1. The second-order valence-electron chi connectivity index (χ2n) is 5.50. The number of phenolic OH excluding ortho intramolecular Hbond substituents is 1. The first-order valence-electron chi connectivity index (χ1n) is 7.65. The monoisotopic (exact) mass is 324 g/mol. The molecule has 1 atom stereocenters. The van der Waals surface area contributed by atoms with E-state index in [0.717, 1.165) is 11.4 Å². The molecule has 6 heteroatoms. The molecule has 0 saturated heterocycles. The van der Waals surface area contributed by atoms with Crippen LogP contribution < -0.4 is 0 Å². The maximum Gasteiger partial charge on any atom is 0.453 e. The van der Waals surface area contributed by atoms with Crippen LogP contribution in [0.2, 0.25) is 0 Å². The third-order valence-electron chi connectivity index (χ3n) is 3.83. The molecule has 6 nitrogen and oxygen atoms in total. The predicted molar refractivity (Wildman–Crippen MR) is 91.7 cm³/mol. The summed E-state index contributed by atoms with van der Waals surface area (Å²) in [5, 5.41) is 19.0. The Morgan fingerprint density at radius 1 is 1.12 bits per heavy atom. The van der Waals surface area contributed by atoms with Gasteiger partial charge in [0.25, 0.3) is 0 Å². The van der Waals surface area contributed by atoms with E-state index in [-0.39, 0.29) is 11.8 Å². The number of azo groups is 2. The average molecular weight is 324 g/mol. The summed E-state index contributed by atoms with van der Waals surface area (Å²) in [6, 6.07) is 16.5. The molecule has 1 aliphatic heterocycles. The van der Waals surface area contributed by atoms with Gasteiger partial charge in [-0.2, -0.15) is 0 Å². The number of rotatable bonds is 3. The molecule has 24 heavy (non-hydrogen) atoms. The molecular weight excluding hydrogens is 304 g/mol. The van der Waals surface area contributed by atoms with Crippen LogP contribution in [0.5, 0.6) is 5.75 Å². The Labute approximate surface area is 140 Å².